The number of aromatic nitrogens is 2. The molecule has 1 fully saturated rings. The summed E-state index contributed by atoms with van der Waals surface area (Å²) in [5.41, 5.74) is 2.06. The predicted molar refractivity (Wildman–Crippen MR) is 121 cm³/mol. The van der Waals surface area contributed by atoms with Crippen LogP contribution in [-0.4, -0.2) is 45.7 Å². The van der Waals surface area contributed by atoms with E-state index < -0.39 is 0 Å². The topological polar surface area (TPSA) is 66.7 Å². The van der Waals surface area contributed by atoms with Crippen LogP contribution in [0.15, 0.2) is 55.0 Å². The molecule has 3 aromatic rings. The minimum atomic E-state index is -0.0537. The van der Waals surface area contributed by atoms with Gasteiger partial charge in [0.25, 0.3) is 11.8 Å². The highest BCUT2D eigenvalue weighted by molar-refractivity contribution is 6.33. The van der Waals surface area contributed by atoms with Crippen molar-refractivity contribution in [1.29, 1.82) is 0 Å². The van der Waals surface area contributed by atoms with Crippen molar-refractivity contribution < 1.29 is 9.59 Å². The molecule has 0 radical (unpaired) electrons. The number of likely N-dealkylation sites (tertiary alicyclic amines) is 1. The number of piperidine rings is 1. The Bertz CT molecular complexity index is 1060. The molecule has 1 saturated heterocycles. The van der Waals surface area contributed by atoms with Gasteiger partial charge in [-0.25, -0.2) is 4.98 Å². The summed E-state index contributed by atoms with van der Waals surface area (Å²) in [4.78, 5) is 31.1. The molecule has 6 nitrogen and oxygen atoms in total. The van der Waals surface area contributed by atoms with Crippen LogP contribution in [0.3, 0.4) is 0 Å². The van der Waals surface area contributed by atoms with Crippen molar-refractivity contribution in [2.24, 2.45) is 5.92 Å². The lowest BCUT2D eigenvalue weighted by molar-refractivity contribution is 0.0686. The van der Waals surface area contributed by atoms with Crippen molar-refractivity contribution in [3.63, 3.8) is 0 Å². The van der Waals surface area contributed by atoms with E-state index in [2.05, 4.69) is 10.3 Å². The van der Waals surface area contributed by atoms with E-state index in [0.29, 0.717) is 28.6 Å². The maximum atomic E-state index is 12.7. The second kappa shape index (κ2) is 9.96. The molecule has 0 saturated carbocycles. The maximum absolute atomic E-state index is 12.7. The number of unbranched alkanes of at least 4 members (excludes halogenated alkanes) is 1. The molecule has 1 aliphatic rings. The summed E-state index contributed by atoms with van der Waals surface area (Å²) in [5, 5.41) is 3.52. The molecule has 7 heteroatoms. The van der Waals surface area contributed by atoms with Gasteiger partial charge < -0.3 is 14.6 Å². The third kappa shape index (κ3) is 5.25. The van der Waals surface area contributed by atoms with Crippen LogP contribution in [0.2, 0.25) is 5.02 Å². The molecule has 0 unspecified atom stereocenters. The first kappa shape index (κ1) is 21.4. The van der Waals surface area contributed by atoms with Gasteiger partial charge in [0, 0.05) is 38.2 Å². The number of hydrogen-bond acceptors (Lipinski definition) is 3. The van der Waals surface area contributed by atoms with Crippen molar-refractivity contribution in [3.05, 3.63) is 71.1 Å². The smallest absolute Gasteiger partial charge is 0.255 e. The Hall–Kier alpha value is -2.86. The van der Waals surface area contributed by atoms with Crippen LogP contribution < -0.4 is 5.32 Å². The van der Waals surface area contributed by atoms with Crippen LogP contribution in [0.1, 0.15) is 52.8 Å². The van der Waals surface area contributed by atoms with Gasteiger partial charge in [0.2, 0.25) is 0 Å². The average molecular weight is 439 g/mol. The first-order valence-corrected chi connectivity index (χ1v) is 11.2. The molecule has 0 spiro atoms. The summed E-state index contributed by atoms with van der Waals surface area (Å²) in [5.74, 6) is 0.609. The number of carbonyl (C=O) groups excluding carboxylic acids is 2. The minimum absolute atomic E-state index is 0.0284. The summed E-state index contributed by atoms with van der Waals surface area (Å²) in [6.45, 7) is 2.23. The predicted octanol–water partition coefficient (Wildman–Crippen LogP) is 4.44. The molecule has 1 aromatic carbocycles. The van der Waals surface area contributed by atoms with Gasteiger partial charge in [-0.05, 0) is 49.4 Å². The van der Waals surface area contributed by atoms with Crippen LogP contribution >= 0.6 is 11.6 Å². The van der Waals surface area contributed by atoms with Crippen LogP contribution in [0.4, 0.5) is 0 Å². The summed E-state index contributed by atoms with van der Waals surface area (Å²) in [6.07, 6.45) is 10.6. The maximum Gasteiger partial charge on any atom is 0.255 e. The lowest BCUT2D eigenvalue weighted by atomic mass is 9.91. The quantitative estimate of drug-likeness (QED) is 0.554. The minimum Gasteiger partial charge on any atom is -0.352 e. The molecular formula is C24H27ClN4O2. The van der Waals surface area contributed by atoms with Crippen molar-refractivity contribution in [3.8, 4) is 0 Å². The van der Waals surface area contributed by atoms with Gasteiger partial charge >= 0.3 is 0 Å². The summed E-state index contributed by atoms with van der Waals surface area (Å²) < 4.78 is 1.85. The molecule has 1 aliphatic heterocycles. The molecule has 162 valence electrons. The number of pyridine rings is 1. The fraction of sp³-hybridized carbons (Fsp3) is 0.375. The molecule has 2 aromatic heterocycles. The zero-order valence-corrected chi connectivity index (χ0v) is 18.2. The zero-order chi connectivity index (χ0) is 21.6. The van der Waals surface area contributed by atoms with Gasteiger partial charge in [0.1, 0.15) is 5.65 Å². The SMILES string of the molecule is O=C(NCCCCC1CCN(C(=O)c2ccccc2Cl)CC1)c1ccc2nccn2c1. The molecule has 0 atom stereocenters. The van der Waals surface area contributed by atoms with Gasteiger partial charge in [-0.2, -0.15) is 0 Å². The van der Waals surface area contributed by atoms with E-state index in [1.807, 2.05) is 33.7 Å². The van der Waals surface area contributed by atoms with Crippen LogP contribution in [0.25, 0.3) is 5.65 Å². The first-order valence-electron chi connectivity index (χ1n) is 10.9. The Balaban J connectivity index is 1.14. The van der Waals surface area contributed by atoms with Crippen LogP contribution in [-0.2, 0) is 0 Å². The molecule has 0 aliphatic carbocycles. The van der Waals surface area contributed by atoms with Gasteiger partial charge in [0.05, 0.1) is 16.1 Å². The second-order valence-corrected chi connectivity index (χ2v) is 8.48. The van der Waals surface area contributed by atoms with Crippen LogP contribution in [0, 0.1) is 5.92 Å². The zero-order valence-electron chi connectivity index (χ0n) is 17.5. The molecule has 0 bridgehead atoms. The number of hydrogen-bond donors (Lipinski definition) is 1. The van der Waals surface area contributed by atoms with Gasteiger partial charge in [0.15, 0.2) is 0 Å². The molecule has 4 rings (SSSR count). The molecular weight excluding hydrogens is 412 g/mol. The average Bonchev–Trinajstić information content (AvgIpc) is 3.27. The van der Waals surface area contributed by atoms with E-state index in [9.17, 15) is 9.59 Å². The highest BCUT2D eigenvalue weighted by Gasteiger charge is 2.24. The monoisotopic (exact) mass is 438 g/mol. The molecule has 2 amide bonds. The van der Waals surface area contributed by atoms with E-state index in [1.54, 1.807) is 30.6 Å². The third-order valence-corrected chi connectivity index (χ3v) is 6.31. The lowest BCUT2D eigenvalue weighted by Crippen LogP contribution is -2.38. The Morgan fingerprint density at radius 2 is 1.90 bits per heavy atom. The van der Waals surface area contributed by atoms with Gasteiger partial charge in [-0.15, -0.1) is 0 Å². The van der Waals surface area contributed by atoms with Crippen molar-refractivity contribution >= 4 is 29.1 Å². The fourth-order valence-corrected chi connectivity index (χ4v) is 4.36. The number of imidazole rings is 1. The van der Waals surface area contributed by atoms with E-state index in [4.69, 9.17) is 11.6 Å². The number of halogens is 1. The number of nitrogens with zero attached hydrogens (tertiary/aromatic N) is 3. The van der Waals surface area contributed by atoms with Crippen molar-refractivity contribution in [1.82, 2.24) is 19.6 Å². The summed E-state index contributed by atoms with van der Waals surface area (Å²) in [6, 6.07) is 10.9. The number of rotatable bonds is 7. The molecule has 31 heavy (non-hydrogen) atoms. The van der Waals surface area contributed by atoms with E-state index in [0.717, 1.165) is 50.8 Å². The van der Waals surface area contributed by atoms with E-state index in [-0.39, 0.29) is 11.8 Å². The molecule has 1 N–H and O–H groups in total. The highest BCUT2D eigenvalue weighted by atomic mass is 35.5. The summed E-state index contributed by atoms with van der Waals surface area (Å²) in [7, 11) is 0. The number of nitrogens with one attached hydrogen (secondary N) is 1. The largest absolute Gasteiger partial charge is 0.352 e. The van der Waals surface area contributed by atoms with Crippen molar-refractivity contribution in [2.45, 2.75) is 32.1 Å². The van der Waals surface area contributed by atoms with Crippen molar-refractivity contribution in [2.75, 3.05) is 19.6 Å². The Morgan fingerprint density at radius 1 is 1.10 bits per heavy atom. The Labute approximate surface area is 187 Å². The van der Waals surface area contributed by atoms with Gasteiger partial charge in [-0.1, -0.05) is 36.6 Å². The summed E-state index contributed by atoms with van der Waals surface area (Å²) >= 11 is 6.17. The third-order valence-electron chi connectivity index (χ3n) is 5.98. The number of fused-ring (bicyclic) bond motifs is 1. The highest BCUT2D eigenvalue weighted by Crippen LogP contribution is 2.25. The van der Waals surface area contributed by atoms with Crippen LogP contribution in [0.5, 0.6) is 0 Å². The number of carbonyl (C=O) groups is 2. The Kier molecular flexibility index (Phi) is 6.87. The van der Waals surface area contributed by atoms with Gasteiger partial charge in [-0.3, -0.25) is 9.59 Å². The molecule has 3 heterocycles. The van der Waals surface area contributed by atoms with E-state index >= 15 is 0 Å². The normalized spacial score (nSPS) is 14.7. The second-order valence-electron chi connectivity index (χ2n) is 8.08. The first-order chi connectivity index (χ1) is 15.1. The Morgan fingerprint density at radius 3 is 2.71 bits per heavy atom. The standard InChI is InChI=1S/C24H27ClN4O2/c25-21-7-2-1-6-20(21)24(31)28-14-10-18(11-15-28)5-3-4-12-27-23(30)19-8-9-22-26-13-16-29(22)17-19/h1-2,6-9,13,16-18H,3-5,10-12,14-15H2,(H,27,30). The lowest BCUT2D eigenvalue weighted by Gasteiger charge is -2.32. The number of benzene rings is 1. The van der Waals surface area contributed by atoms with E-state index in [1.165, 1.54) is 0 Å². The number of amides is 2. The fourth-order valence-electron chi connectivity index (χ4n) is 4.15.